The number of carbonyl (C=O) groups excluding carboxylic acids is 1. The Morgan fingerprint density at radius 3 is 2.56 bits per heavy atom. The number of nitrogens with zero attached hydrogens (tertiary/aromatic N) is 2. The molecule has 0 N–H and O–H groups in total. The zero-order valence-electron chi connectivity index (χ0n) is 18.0. The number of methoxy groups -OCH3 is 2. The van der Waals surface area contributed by atoms with Crippen molar-refractivity contribution in [1.29, 1.82) is 0 Å². The third-order valence-corrected chi connectivity index (χ3v) is 4.97. The fourth-order valence-electron chi connectivity index (χ4n) is 3.25. The van der Waals surface area contributed by atoms with Gasteiger partial charge < -0.3 is 18.7 Å². The van der Waals surface area contributed by atoms with Crippen LogP contribution in [0.5, 0.6) is 17.2 Å². The van der Waals surface area contributed by atoms with Crippen LogP contribution in [0.4, 0.5) is 0 Å². The van der Waals surface area contributed by atoms with Crippen LogP contribution in [0, 0.1) is 6.92 Å². The second kappa shape index (κ2) is 9.34. The van der Waals surface area contributed by atoms with Crippen molar-refractivity contribution < 1.29 is 23.5 Å². The van der Waals surface area contributed by atoms with Crippen molar-refractivity contribution in [3.05, 3.63) is 77.9 Å². The molecule has 0 atom stereocenters. The molecule has 0 aliphatic rings. The minimum atomic E-state index is -0.229. The monoisotopic (exact) mass is 430 g/mol. The lowest BCUT2D eigenvalue weighted by atomic mass is 10.1. The van der Waals surface area contributed by atoms with Crippen LogP contribution >= 0.6 is 0 Å². The number of carbonyl (C=O) groups is 1. The van der Waals surface area contributed by atoms with E-state index in [-0.39, 0.29) is 12.4 Å². The van der Waals surface area contributed by atoms with Gasteiger partial charge in [0, 0.05) is 11.1 Å². The lowest BCUT2D eigenvalue weighted by molar-refractivity contribution is 0.0918. The highest BCUT2D eigenvalue weighted by atomic mass is 16.5. The number of rotatable bonds is 8. The summed E-state index contributed by atoms with van der Waals surface area (Å²) in [5.41, 5.74) is 3.05. The number of ketones is 1. The molecule has 1 aromatic heterocycles. The number of aryl methyl sites for hydroxylation is 1. The van der Waals surface area contributed by atoms with Crippen molar-refractivity contribution in [3.63, 3.8) is 0 Å². The Hall–Kier alpha value is -4.13. The smallest absolute Gasteiger partial charge is 0.258 e. The van der Waals surface area contributed by atoms with Gasteiger partial charge in [0.1, 0.15) is 17.2 Å². The zero-order chi connectivity index (χ0) is 22.5. The molecular weight excluding hydrogens is 408 g/mol. The molecule has 0 amide bonds. The minimum absolute atomic E-state index is 0.159. The third kappa shape index (κ3) is 4.46. The van der Waals surface area contributed by atoms with Crippen LogP contribution in [0.2, 0.25) is 0 Å². The van der Waals surface area contributed by atoms with E-state index in [2.05, 4.69) is 10.1 Å². The summed E-state index contributed by atoms with van der Waals surface area (Å²) in [5, 5.41) is 4.09. The van der Waals surface area contributed by atoms with Crippen molar-refractivity contribution in [2.75, 3.05) is 20.8 Å². The minimum Gasteiger partial charge on any atom is -0.497 e. The fraction of sp³-hybridized carbons (Fsp3) is 0.160. The molecule has 0 aliphatic carbocycles. The van der Waals surface area contributed by atoms with Crippen LogP contribution in [-0.4, -0.2) is 36.8 Å². The van der Waals surface area contributed by atoms with E-state index >= 15 is 0 Å². The van der Waals surface area contributed by atoms with Gasteiger partial charge >= 0.3 is 0 Å². The first-order chi connectivity index (χ1) is 15.6. The van der Waals surface area contributed by atoms with Crippen LogP contribution in [0.1, 0.15) is 15.9 Å². The second-order valence-electron chi connectivity index (χ2n) is 7.04. The molecule has 0 radical (unpaired) electrons. The quantitative estimate of drug-likeness (QED) is 0.364. The van der Waals surface area contributed by atoms with E-state index < -0.39 is 0 Å². The molecule has 7 heteroatoms. The highest BCUT2D eigenvalue weighted by Crippen LogP contribution is 2.27. The molecule has 0 saturated carbocycles. The van der Waals surface area contributed by atoms with Gasteiger partial charge in [0.15, 0.2) is 6.61 Å². The molecule has 32 heavy (non-hydrogen) atoms. The number of ether oxygens (including phenoxy) is 3. The molecule has 7 nitrogen and oxygen atoms in total. The van der Waals surface area contributed by atoms with Crippen molar-refractivity contribution in [2.24, 2.45) is 0 Å². The Labute approximate surface area is 185 Å². The van der Waals surface area contributed by atoms with Gasteiger partial charge in [0.2, 0.25) is 11.6 Å². The van der Waals surface area contributed by atoms with Gasteiger partial charge in [-0.05, 0) is 48.9 Å². The number of benzene rings is 3. The first kappa shape index (κ1) is 21.1. The summed E-state index contributed by atoms with van der Waals surface area (Å²) in [6, 6.07) is 20.1. The highest BCUT2D eigenvalue weighted by Gasteiger charge is 2.16. The van der Waals surface area contributed by atoms with E-state index in [1.165, 1.54) is 7.11 Å². The molecule has 0 spiro atoms. The molecule has 1 heterocycles. The number of hydrogen-bond acceptors (Lipinski definition) is 7. The molecule has 0 unspecified atom stereocenters. The molecule has 0 aliphatic heterocycles. The van der Waals surface area contributed by atoms with Crippen molar-refractivity contribution in [1.82, 2.24) is 10.1 Å². The van der Waals surface area contributed by atoms with Crippen LogP contribution in [0.15, 0.2) is 71.3 Å². The van der Waals surface area contributed by atoms with E-state index in [9.17, 15) is 4.79 Å². The Bertz CT molecular complexity index is 1250. The standard InChI is InChI=1S/C25H22N2O5/c1-16-7-4-5-10-20(16)25-26-24(27-32-25)17-8-6-9-19(13-17)31-15-22(28)21-14-18(29-2)11-12-23(21)30-3/h4-14H,15H2,1-3H3. The highest BCUT2D eigenvalue weighted by molar-refractivity contribution is 6.00. The van der Waals surface area contributed by atoms with E-state index in [0.717, 1.165) is 16.7 Å². The van der Waals surface area contributed by atoms with E-state index in [0.29, 0.717) is 34.5 Å². The predicted octanol–water partition coefficient (Wildman–Crippen LogP) is 4.99. The Morgan fingerprint density at radius 1 is 0.938 bits per heavy atom. The molecule has 162 valence electrons. The van der Waals surface area contributed by atoms with Crippen molar-refractivity contribution in [3.8, 4) is 40.1 Å². The molecule has 3 aromatic carbocycles. The average molecular weight is 430 g/mol. The molecular formula is C25H22N2O5. The largest absolute Gasteiger partial charge is 0.497 e. The van der Waals surface area contributed by atoms with Crippen LogP contribution in [0.25, 0.3) is 22.8 Å². The average Bonchev–Trinajstić information content (AvgIpc) is 3.32. The zero-order valence-corrected chi connectivity index (χ0v) is 18.0. The van der Waals surface area contributed by atoms with E-state index in [4.69, 9.17) is 18.7 Å². The lowest BCUT2D eigenvalue weighted by Gasteiger charge is -2.11. The SMILES string of the molecule is COc1ccc(OC)c(C(=O)COc2cccc(-c3noc(-c4ccccc4C)n3)c2)c1. The van der Waals surface area contributed by atoms with Gasteiger partial charge in [0.25, 0.3) is 5.89 Å². The maximum Gasteiger partial charge on any atom is 0.258 e. The Balaban J connectivity index is 1.50. The first-order valence-corrected chi connectivity index (χ1v) is 9.97. The van der Waals surface area contributed by atoms with E-state index in [1.807, 2.05) is 43.3 Å². The summed E-state index contributed by atoms with van der Waals surface area (Å²) in [5.74, 6) is 2.20. The Morgan fingerprint density at radius 2 is 1.78 bits per heavy atom. The molecule has 4 rings (SSSR count). The topological polar surface area (TPSA) is 83.7 Å². The summed E-state index contributed by atoms with van der Waals surface area (Å²) in [7, 11) is 3.06. The van der Waals surface area contributed by atoms with Gasteiger partial charge in [-0.25, -0.2) is 0 Å². The summed E-state index contributed by atoms with van der Waals surface area (Å²) < 4.78 is 21.7. The molecule has 0 bridgehead atoms. The predicted molar refractivity (Wildman–Crippen MR) is 119 cm³/mol. The van der Waals surface area contributed by atoms with Gasteiger partial charge in [-0.1, -0.05) is 35.5 Å². The summed E-state index contributed by atoms with van der Waals surface area (Å²) in [6.45, 7) is 1.83. The number of hydrogen-bond donors (Lipinski definition) is 0. The summed E-state index contributed by atoms with van der Waals surface area (Å²) in [6.07, 6.45) is 0. The van der Waals surface area contributed by atoms with Crippen LogP contribution < -0.4 is 14.2 Å². The second-order valence-corrected chi connectivity index (χ2v) is 7.04. The van der Waals surface area contributed by atoms with E-state index in [1.54, 1.807) is 37.4 Å². The first-order valence-electron chi connectivity index (χ1n) is 9.97. The van der Waals surface area contributed by atoms with Crippen LogP contribution in [0.3, 0.4) is 0 Å². The maximum absolute atomic E-state index is 12.7. The van der Waals surface area contributed by atoms with Gasteiger partial charge in [-0.2, -0.15) is 4.98 Å². The number of Topliss-reactive ketones (excluding diaryl/α,β-unsaturated/α-hetero) is 1. The molecule has 0 fully saturated rings. The van der Waals surface area contributed by atoms with Crippen molar-refractivity contribution >= 4 is 5.78 Å². The van der Waals surface area contributed by atoms with Crippen molar-refractivity contribution in [2.45, 2.75) is 6.92 Å². The number of aromatic nitrogens is 2. The normalized spacial score (nSPS) is 10.6. The van der Waals surface area contributed by atoms with Gasteiger partial charge in [-0.15, -0.1) is 0 Å². The maximum atomic E-state index is 12.7. The lowest BCUT2D eigenvalue weighted by Crippen LogP contribution is -2.13. The molecule has 4 aromatic rings. The summed E-state index contributed by atoms with van der Waals surface area (Å²) in [4.78, 5) is 17.2. The molecule has 0 saturated heterocycles. The van der Waals surface area contributed by atoms with Crippen LogP contribution in [-0.2, 0) is 0 Å². The summed E-state index contributed by atoms with van der Waals surface area (Å²) >= 11 is 0. The van der Waals surface area contributed by atoms with Gasteiger partial charge in [-0.3, -0.25) is 4.79 Å². The third-order valence-electron chi connectivity index (χ3n) is 4.97. The Kier molecular flexibility index (Phi) is 6.17. The van der Waals surface area contributed by atoms with Gasteiger partial charge in [0.05, 0.1) is 19.8 Å². The fourth-order valence-corrected chi connectivity index (χ4v) is 3.25.